The van der Waals surface area contributed by atoms with Gasteiger partial charge in [-0.1, -0.05) is 36.4 Å². The van der Waals surface area contributed by atoms with Crippen molar-refractivity contribution in [2.45, 2.75) is 44.1 Å². The van der Waals surface area contributed by atoms with Crippen molar-refractivity contribution in [2.24, 2.45) is 0 Å². The van der Waals surface area contributed by atoms with Crippen molar-refractivity contribution in [3.8, 4) is 16.9 Å². The number of nitrogens with one attached hydrogen (secondary N) is 1. The van der Waals surface area contributed by atoms with Crippen molar-refractivity contribution < 1.29 is 45.8 Å². The molecule has 0 fully saturated rings. The van der Waals surface area contributed by atoms with E-state index in [1.165, 1.54) is 24.3 Å². The number of carbonyl (C=O) groups excluding carboxylic acids is 1. The average molecular weight is 553 g/mol. The number of carboxylic acid groups (broad SMARTS) is 1. The minimum Gasteiger partial charge on any atom is -0.486 e. The Morgan fingerprint density at radius 3 is 1.90 bits per heavy atom. The molecule has 0 radical (unpaired) electrons. The first kappa shape index (κ1) is 29.5. The second kappa shape index (κ2) is 12.7. The fourth-order valence-electron chi connectivity index (χ4n) is 3.76. The van der Waals surface area contributed by atoms with Crippen LogP contribution in [-0.2, 0) is 11.0 Å². The van der Waals surface area contributed by atoms with Gasteiger partial charge in [-0.05, 0) is 65.9 Å². The number of hydrogen-bond acceptors (Lipinski definition) is 3. The first-order valence-electron chi connectivity index (χ1n) is 11.9. The molecule has 3 rings (SSSR count). The number of alkyl halides is 6. The van der Waals surface area contributed by atoms with Gasteiger partial charge in [0.05, 0.1) is 12.0 Å². The summed E-state index contributed by atoms with van der Waals surface area (Å²) in [6.07, 6.45) is -10.9. The van der Waals surface area contributed by atoms with Gasteiger partial charge < -0.3 is 15.2 Å². The highest BCUT2D eigenvalue weighted by molar-refractivity contribution is 5.94. The van der Waals surface area contributed by atoms with Crippen molar-refractivity contribution >= 4 is 11.9 Å². The van der Waals surface area contributed by atoms with Crippen LogP contribution in [0.3, 0.4) is 0 Å². The third kappa shape index (κ3) is 9.35. The zero-order valence-electron chi connectivity index (χ0n) is 20.5. The molecule has 0 aliphatic rings. The maximum atomic E-state index is 12.8. The van der Waals surface area contributed by atoms with Crippen LogP contribution in [0.15, 0.2) is 72.8 Å². The van der Waals surface area contributed by atoms with E-state index in [9.17, 15) is 35.9 Å². The van der Waals surface area contributed by atoms with Crippen molar-refractivity contribution in [1.82, 2.24) is 5.32 Å². The third-order valence-electron chi connectivity index (χ3n) is 5.77. The summed E-state index contributed by atoms with van der Waals surface area (Å²) in [6.45, 7) is -0.0540. The number of halogens is 6. The maximum absolute atomic E-state index is 12.8. The lowest BCUT2D eigenvalue weighted by molar-refractivity contribution is -0.138. The number of rotatable bonds is 11. The molecular weight excluding hydrogens is 528 g/mol. The lowest BCUT2D eigenvalue weighted by atomic mass is 10.0. The first-order chi connectivity index (χ1) is 18.3. The van der Waals surface area contributed by atoms with E-state index in [4.69, 9.17) is 9.84 Å². The number of benzene rings is 3. The fraction of sp³-hybridized carbons (Fsp3) is 0.286. The molecule has 0 heterocycles. The summed E-state index contributed by atoms with van der Waals surface area (Å²) in [6, 6.07) is 17.1. The molecule has 0 spiro atoms. The molecule has 1 unspecified atom stereocenters. The van der Waals surface area contributed by atoms with E-state index in [0.29, 0.717) is 22.4 Å². The normalized spacial score (nSPS) is 12.6. The highest BCUT2D eigenvalue weighted by atomic mass is 19.4. The molecule has 208 valence electrons. The Balaban J connectivity index is 1.73. The van der Waals surface area contributed by atoms with E-state index in [1.807, 2.05) is 0 Å². The van der Waals surface area contributed by atoms with Crippen molar-refractivity contribution in [3.05, 3.63) is 89.5 Å². The molecule has 0 aromatic heterocycles. The molecule has 0 bridgehead atoms. The predicted octanol–water partition coefficient (Wildman–Crippen LogP) is 7.43. The minimum absolute atomic E-state index is 0.0321. The number of aliphatic carboxylic acids is 1. The van der Waals surface area contributed by atoms with E-state index in [0.717, 1.165) is 12.1 Å². The third-order valence-corrected chi connectivity index (χ3v) is 5.77. The van der Waals surface area contributed by atoms with Gasteiger partial charge in [0, 0.05) is 18.5 Å². The number of ether oxygens (including phenoxy) is 1. The van der Waals surface area contributed by atoms with Crippen molar-refractivity contribution in [2.75, 3.05) is 6.54 Å². The van der Waals surface area contributed by atoms with Gasteiger partial charge in [0.25, 0.3) is 5.91 Å². The number of carbonyl (C=O) groups is 2. The molecular formula is C28H25F6NO4. The predicted molar refractivity (Wildman–Crippen MR) is 131 cm³/mol. The average Bonchev–Trinajstić information content (AvgIpc) is 2.87. The van der Waals surface area contributed by atoms with Gasteiger partial charge >= 0.3 is 18.3 Å². The Labute approximate surface area is 220 Å². The molecule has 39 heavy (non-hydrogen) atoms. The maximum Gasteiger partial charge on any atom is 0.416 e. The first-order valence-corrected chi connectivity index (χ1v) is 11.9. The zero-order chi connectivity index (χ0) is 28.6. The summed E-state index contributed by atoms with van der Waals surface area (Å²) in [5.41, 5.74) is 1.19. The molecule has 0 saturated heterocycles. The van der Waals surface area contributed by atoms with Crippen LogP contribution in [0.25, 0.3) is 11.1 Å². The van der Waals surface area contributed by atoms with Gasteiger partial charge in [-0.15, -0.1) is 0 Å². The summed E-state index contributed by atoms with van der Waals surface area (Å²) in [5.74, 6) is -1.20. The van der Waals surface area contributed by atoms with Gasteiger partial charge in [-0.25, -0.2) is 0 Å². The van der Waals surface area contributed by atoms with E-state index in [-0.39, 0.29) is 31.4 Å². The highest BCUT2D eigenvalue weighted by Gasteiger charge is 2.30. The number of hydrogen-bond donors (Lipinski definition) is 2. The Morgan fingerprint density at radius 2 is 1.38 bits per heavy atom. The van der Waals surface area contributed by atoms with Crippen LogP contribution in [0.5, 0.6) is 5.75 Å². The molecule has 3 aromatic rings. The SMILES string of the molecule is O=C(O)CCNC(=O)c1ccc(C(CCCC(F)(F)F)Oc2ccc(-c3ccc(C(F)(F)F)cc3)cc2)cc1. The highest BCUT2D eigenvalue weighted by Crippen LogP contribution is 2.33. The standard InChI is InChI=1S/C28H25F6NO4/c29-27(30,31)16-1-2-24(20-3-5-21(6-4-20)26(38)35-17-15-25(36)37)39-23-13-9-19(10-14-23)18-7-11-22(12-8-18)28(32,33)34/h3-14,24H,1-2,15-17H2,(H,35,38)(H,36,37). The lowest BCUT2D eigenvalue weighted by Crippen LogP contribution is -2.26. The molecule has 11 heteroatoms. The van der Waals surface area contributed by atoms with E-state index >= 15 is 0 Å². The van der Waals surface area contributed by atoms with Gasteiger partial charge in [0.15, 0.2) is 0 Å². The fourth-order valence-corrected chi connectivity index (χ4v) is 3.76. The van der Waals surface area contributed by atoms with Crippen LogP contribution in [-0.4, -0.2) is 29.7 Å². The summed E-state index contributed by atoms with van der Waals surface area (Å²) < 4.78 is 82.6. The molecule has 5 nitrogen and oxygen atoms in total. The van der Waals surface area contributed by atoms with E-state index < -0.39 is 42.3 Å². The second-order valence-electron chi connectivity index (χ2n) is 8.74. The molecule has 0 aliphatic carbocycles. The van der Waals surface area contributed by atoms with Crippen LogP contribution >= 0.6 is 0 Å². The van der Waals surface area contributed by atoms with Gasteiger partial charge in [-0.3, -0.25) is 9.59 Å². The van der Waals surface area contributed by atoms with Crippen LogP contribution in [0, 0.1) is 0 Å². The quantitative estimate of drug-likeness (QED) is 0.242. The summed E-state index contributed by atoms with van der Waals surface area (Å²) in [7, 11) is 0. The van der Waals surface area contributed by atoms with Crippen LogP contribution in [0.1, 0.15) is 53.3 Å². The Hall–Kier alpha value is -4.02. The number of amides is 1. The molecule has 2 N–H and O–H groups in total. The topological polar surface area (TPSA) is 75.6 Å². The molecule has 0 aliphatic heterocycles. The smallest absolute Gasteiger partial charge is 0.416 e. The van der Waals surface area contributed by atoms with Crippen molar-refractivity contribution in [3.63, 3.8) is 0 Å². The Morgan fingerprint density at radius 1 is 0.821 bits per heavy atom. The summed E-state index contributed by atoms with van der Waals surface area (Å²) in [5, 5.41) is 11.1. The minimum atomic E-state index is -4.44. The molecule has 1 amide bonds. The van der Waals surface area contributed by atoms with Crippen molar-refractivity contribution in [1.29, 1.82) is 0 Å². The van der Waals surface area contributed by atoms with Gasteiger partial charge in [-0.2, -0.15) is 26.3 Å². The molecule has 3 aromatic carbocycles. The second-order valence-corrected chi connectivity index (χ2v) is 8.74. The lowest BCUT2D eigenvalue weighted by Gasteiger charge is -2.21. The van der Waals surface area contributed by atoms with E-state index in [1.54, 1.807) is 36.4 Å². The Kier molecular flexibility index (Phi) is 9.61. The van der Waals surface area contributed by atoms with Gasteiger partial charge in [0.1, 0.15) is 11.9 Å². The van der Waals surface area contributed by atoms with Crippen LogP contribution in [0.2, 0.25) is 0 Å². The van der Waals surface area contributed by atoms with Crippen LogP contribution in [0.4, 0.5) is 26.3 Å². The monoisotopic (exact) mass is 553 g/mol. The largest absolute Gasteiger partial charge is 0.486 e. The number of carboxylic acids is 1. The molecule has 1 atom stereocenters. The zero-order valence-corrected chi connectivity index (χ0v) is 20.5. The summed E-state index contributed by atoms with van der Waals surface area (Å²) >= 11 is 0. The molecule has 0 saturated carbocycles. The Bertz CT molecular complexity index is 1240. The van der Waals surface area contributed by atoms with Gasteiger partial charge in [0.2, 0.25) is 0 Å². The van der Waals surface area contributed by atoms with Crippen LogP contribution < -0.4 is 10.1 Å². The summed E-state index contributed by atoms with van der Waals surface area (Å²) in [4.78, 5) is 22.8. The van der Waals surface area contributed by atoms with E-state index in [2.05, 4.69) is 5.32 Å².